The molecule has 0 radical (unpaired) electrons. The van der Waals surface area contributed by atoms with Crippen LogP contribution < -0.4 is 4.90 Å². The molecule has 0 aliphatic carbocycles. The van der Waals surface area contributed by atoms with Crippen LogP contribution in [0.25, 0.3) is 0 Å². The number of ether oxygens (including phenoxy) is 1. The van der Waals surface area contributed by atoms with Gasteiger partial charge >= 0.3 is 6.09 Å². The van der Waals surface area contributed by atoms with Crippen LogP contribution in [0.3, 0.4) is 0 Å². The molecule has 128 valence electrons. The molecule has 1 aliphatic rings. The molecule has 2 heterocycles. The van der Waals surface area contributed by atoms with E-state index in [2.05, 4.69) is 14.9 Å². The lowest BCUT2D eigenvalue weighted by atomic mass is 9.98. The van der Waals surface area contributed by atoms with Crippen molar-refractivity contribution in [3.05, 3.63) is 18.0 Å². The van der Waals surface area contributed by atoms with Crippen molar-refractivity contribution in [2.24, 2.45) is 5.92 Å². The van der Waals surface area contributed by atoms with Gasteiger partial charge in [-0.3, -0.25) is 0 Å². The minimum Gasteiger partial charge on any atom is -0.444 e. The van der Waals surface area contributed by atoms with Gasteiger partial charge in [-0.2, -0.15) is 0 Å². The third kappa shape index (κ3) is 5.37. The number of aryl methyl sites for hydroxylation is 1. The summed E-state index contributed by atoms with van der Waals surface area (Å²) in [4.78, 5) is 24.9. The summed E-state index contributed by atoms with van der Waals surface area (Å²) >= 11 is 0. The predicted octanol–water partition coefficient (Wildman–Crippen LogP) is 2.87. The molecule has 1 aromatic rings. The maximum atomic E-state index is 12.2. The van der Waals surface area contributed by atoms with Gasteiger partial charge in [0.2, 0.25) is 5.95 Å². The van der Waals surface area contributed by atoms with Crippen LogP contribution in [0.2, 0.25) is 0 Å². The highest BCUT2D eigenvalue weighted by atomic mass is 16.6. The molecule has 1 unspecified atom stereocenters. The first-order valence-corrected chi connectivity index (χ1v) is 8.23. The Kier molecular flexibility index (Phi) is 5.44. The van der Waals surface area contributed by atoms with E-state index in [-0.39, 0.29) is 6.09 Å². The van der Waals surface area contributed by atoms with Crippen LogP contribution in [0.15, 0.2) is 12.3 Å². The normalized spacial score (nSPS) is 18.7. The van der Waals surface area contributed by atoms with Gasteiger partial charge in [0.1, 0.15) is 5.60 Å². The highest BCUT2D eigenvalue weighted by molar-refractivity contribution is 5.68. The number of hydrogen-bond donors (Lipinski definition) is 0. The molecular weight excluding hydrogens is 292 g/mol. The maximum absolute atomic E-state index is 12.2. The molecule has 1 aliphatic heterocycles. The van der Waals surface area contributed by atoms with Crippen molar-refractivity contribution in [2.75, 3.05) is 31.6 Å². The monoisotopic (exact) mass is 320 g/mol. The molecule has 0 aromatic carbocycles. The fourth-order valence-corrected chi connectivity index (χ4v) is 2.79. The first-order chi connectivity index (χ1) is 10.7. The topological polar surface area (TPSA) is 58.6 Å². The lowest BCUT2D eigenvalue weighted by Crippen LogP contribution is -2.45. The number of rotatable bonds is 3. The molecule has 0 saturated carbocycles. The van der Waals surface area contributed by atoms with Gasteiger partial charge in [-0.15, -0.1) is 0 Å². The van der Waals surface area contributed by atoms with Crippen LogP contribution in [0.5, 0.6) is 0 Å². The number of hydrogen-bond acceptors (Lipinski definition) is 5. The van der Waals surface area contributed by atoms with Gasteiger partial charge in [-0.25, -0.2) is 14.8 Å². The summed E-state index contributed by atoms with van der Waals surface area (Å²) in [5.74, 6) is 1.14. The van der Waals surface area contributed by atoms with Gasteiger partial charge in [-0.05, 0) is 52.5 Å². The van der Waals surface area contributed by atoms with E-state index in [0.29, 0.717) is 5.92 Å². The van der Waals surface area contributed by atoms with E-state index in [1.165, 1.54) is 0 Å². The van der Waals surface area contributed by atoms with E-state index in [4.69, 9.17) is 4.74 Å². The summed E-state index contributed by atoms with van der Waals surface area (Å²) in [6.07, 6.45) is 3.68. The molecule has 1 fully saturated rings. The Hall–Kier alpha value is -1.85. The molecule has 2 rings (SSSR count). The molecular formula is C17H28N4O2. The molecule has 1 atom stereocenters. The highest BCUT2D eigenvalue weighted by Gasteiger charge is 2.28. The number of nitrogens with zero attached hydrogens (tertiary/aromatic N) is 4. The van der Waals surface area contributed by atoms with Crippen LogP contribution >= 0.6 is 0 Å². The Balaban J connectivity index is 1.92. The Labute approximate surface area is 138 Å². The van der Waals surface area contributed by atoms with Crippen LogP contribution in [-0.2, 0) is 4.74 Å². The smallest absolute Gasteiger partial charge is 0.410 e. The summed E-state index contributed by atoms with van der Waals surface area (Å²) in [5, 5.41) is 0. The summed E-state index contributed by atoms with van der Waals surface area (Å²) in [6.45, 7) is 9.99. The first kappa shape index (κ1) is 17.5. The van der Waals surface area contributed by atoms with E-state index < -0.39 is 5.60 Å². The van der Waals surface area contributed by atoms with Gasteiger partial charge in [0.25, 0.3) is 0 Å². The number of carbonyl (C=O) groups is 1. The molecule has 0 bridgehead atoms. The molecule has 1 amide bonds. The quantitative estimate of drug-likeness (QED) is 0.857. The van der Waals surface area contributed by atoms with Crippen molar-refractivity contribution in [3.63, 3.8) is 0 Å². The van der Waals surface area contributed by atoms with Crippen LogP contribution in [0, 0.1) is 12.8 Å². The predicted molar refractivity (Wildman–Crippen MR) is 90.6 cm³/mol. The standard InChI is InChI=1S/C17H28N4O2/c1-13-8-9-18-15(19-13)20(5)11-14-7-6-10-21(12-14)16(22)23-17(2,3)4/h8-9,14H,6-7,10-12H2,1-5H3. The van der Waals surface area contributed by atoms with E-state index in [9.17, 15) is 4.79 Å². The van der Waals surface area contributed by atoms with E-state index >= 15 is 0 Å². The highest BCUT2D eigenvalue weighted by Crippen LogP contribution is 2.21. The van der Waals surface area contributed by atoms with Gasteiger partial charge in [0, 0.05) is 38.6 Å². The Bertz CT molecular complexity index is 542. The second-order valence-electron chi connectivity index (χ2n) is 7.31. The largest absolute Gasteiger partial charge is 0.444 e. The number of amides is 1. The number of anilines is 1. The number of likely N-dealkylation sites (tertiary alicyclic amines) is 1. The van der Waals surface area contributed by atoms with Gasteiger partial charge in [0.05, 0.1) is 0 Å². The average Bonchev–Trinajstić information content (AvgIpc) is 2.45. The SMILES string of the molecule is Cc1ccnc(N(C)CC2CCCN(C(=O)OC(C)(C)C)C2)n1. The van der Waals surface area contributed by atoms with Crippen molar-refractivity contribution in [1.82, 2.24) is 14.9 Å². The molecule has 1 aromatic heterocycles. The lowest BCUT2D eigenvalue weighted by Gasteiger charge is -2.35. The minimum atomic E-state index is -0.448. The second kappa shape index (κ2) is 7.15. The van der Waals surface area contributed by atoms with Gasteiger partial charge in [0.15, 0.2) is 0 Å². The number of carbonyl (C=O) groups excluding carboxylic acids is 1. The zero-order valence-electron chi connectivity index (χ0n) is 14.9. The Morgan fingerprint density at radius 1 is 1.48 bits per heavy atom. The van der Waals surface area contributed by atoms with Crippen molar-refractivity contribution in [2.45, 2.75) is 46.1 Å². The van der Waals surface area contributed by atoms with E-state index in [0.717, 1.165) is 44.1 Å². The second-order valence-corrected chi connectivity index (χ2v) is 7.31. The maximum Gasteiger partial charge on any atom is 0.410 e. The van der Waals surface area contributed by atoms with Crippen LogP contribution in [0.4, 0.5) is 10.7 Å². The fraction of sp³-hybridized carbons (Fsp3) is 0.706. The third-order valence-electron chi connectivity index (χ3n) is 3.83. The van der Waals surface area contributed by atoms with E-state index in [1.54, 1.807) is 6.20 Å². The fourth-order valence-electron chi connectivity index (χ4n) is 2.79. The van der Waals surface area contributed by atoms with Gasteiger partial charge < -0.3 is 14.5 Å². The molecule has 6 heteroatoms. The average molecular weight is 320 g/mol. The zero-order chi connectivity index (χ0) is 17.0. The lowest BCUT2D eigenvalue weighted by molar-refractivity contribution is 0.0170. The molecule has 23 heavy (non-hydrogen) atoms. The van der Waals surface area contributed by atoms with Gasteiger partial charge in [-0.1, -0.05) is 0 Å². The molecule has 0 N–H and O–H groups in total. The summed E-state index contributed by atoms with van der Waals surface area (Å²) in [5.41, 5.74) is 0.511. The van der Waals surface area contributed by atoms with Crippen LogP contribution in [0.1, 0.15) is 39.3 Å². The van der Waals surface area contributed by atoms with Crippen molar-refractivity contribution in [1.29, 1.82) is 0 Å². The Morgan fingerprint density at radius 3 is 2.87 bits per heavy atom. The van der Waals surface area contributed by atoms with Crippen molar-refractivity contribution >= 4 is 12.0 Å². The summed E-state index contributed by atoms with van der Waals surface area (Å²) in [6, 6.07) is 1.89. The molecule has 0 spiro atoms. The number of piperidine rings is 1. The first-order valence-electron chi connectivity index (χ1n) is 8.23. The van der Waals surface area contributed by atoms with Crippen LogP contribution in [-0.4, -0.2) is 53.2 Å². The third-order valence-corrected chi connectivity index (χ3v) is 3.83. The number of aromatic nitrogens is 2. The summed E-state index contributed by atoms with van der Waals surface area (Å²) in [7, 11) is 2.00. The summed E-state index contributed by atoms with van der Waals surface area (Å²) < 4.78 is 5.48. The molecule has 6 nitrogen and oxygen atoms in total. The molecule has 1 saturated heterocycles. The minimum absolute atomic E-state index is 0.211. The van der Waals surface area contributed by atoms with Crippen molar-refractivity contribution < 1.29 is 9.53 Å². The van der Waals surface area contributed by atoms with Crippen molar-refractivity contribution in [3.8, 4) is 0 Å². The van der Waals surface area contributed by atoms with E-state index in [1.807, 2.05) is 45.7 Å². The zero-order valence-corrected chi connectivity index (χ0v) is 14.9. The Morgan fingerprint density at radius 2 is 2.22 bits per heavy atom.